The van der Waals surface area contributed by atoms with Gasteiger partial charge in [0.05, 0.1) is 0 Å². The van der Waals surface area contributed by atoms with Crippen LogP contribution in [0.15, 0.2) is 0 Å². The average molecular weight is 180 g/mol. The average Bonchev–Trinajstić information content (AvgIpc) is 2.07. The second kappa shape index (κ2) is 3.11. The van der Waals surface area contributed by atoms with Gasteiger partial charge in [-0.05, 0) is 30.1 Å². The Kier molecular flexibility index (Phi) is 2.21. The summed E-state index contributed by atoms with van der Waals surface area (Å²) in [5.74, 6) is 1.84. The maximum atomic E-state index is 11.5. The van der Waals surface area contributed by atoms with Crippen molar-refractivity contribution in [3.8, 4) is 0 Å². The quantitative estimate of drug-likeness (QED) is 0.559. The molecule has 0 N–H and O–H groups in total. The monoisotopic (exact) mass is 180 g/mol. The molecule has 74 valence electrons. The summed E-state index contributed by atoms with van der Waals surface area (Å²) in [6, 6.07) is 0. The van der Waals surface area contributed by atoms with Gasteiger partial charge in [0, 0.05) is 12.8 Å². The molecule has 2 aliphatic carbocycles. The standard InChI is InChI=1S/C12H20O/c1-9-7-11(13)8-10-5-3-4-6-12(9,10)2/h9-10H,3-8H2,1-2H3/t9-,10+,12+/m1/s1. The van der Waals surface area contributed by atoms with E-state index in [0.717, 1.165) is 12.8 Å². The maximum Gasteiger partial charge on any atom is 0.133 e. The van der Waals surface area contributed by atoms with Crippen molar-refractivity contribution in [1.29, 1.82) is 0 Å². The zero-order valence-electron chi connectivity index (χ0n) is 8.81. The molecule has 0 bridgehead atoms. The number of ketones is 1. The molecule has 2 saturated carbocycles. The fourth-order valence-corrected chi connectivity index (χ4v) is 3.35. The first-order valence-corrected chi connectivity index (χ1v) is 5.64. The van der Waals surface area contributed by atoms with Crippen LogP contribution in [0.1, 0.15) is 52.4 Å². The molecule has 0 aliphatic heterocycles. The predicted molar refractivity (Wildman–Crippen MR) is 53.5 cm³/mol. The van der Waals surface area contributed by atoms with Crippen molar-refractivity contribution in [2.45, 2.75) is 52.4 Å². The van der Waals surface area contributed by atoms with Crippen molar-refractivity contribution in [3.05, 3.63) is 0 Å². The van der Waals surface area contributed by atoms with Crippen molar-refractivity contribution < 1.29 is 4.79 Å². The van der Waals surface area contributed by atoms with Gasteiger partial charge in [-0.15, -0.1) is 0 Å². The molecule has 1 nitrogen and oxygen atoms in total. The van der Waals surface area contributed by atoms with E-state index in [1.807, 2.05) is 0 Å². The second-order valence-corrected chi connectivity index (χ2v) is 5.30. The molecule has 0 heterocycles. The lowest BCUT2D eigenvalue weighted by Crippen LogP contribution is -2.42. The van der Waals surface area contributed by atoms with Gasteiger partial charge in [0.1, 0.15) is 5.78 Å². The SMILES string of the molecule is C[C@@H]1CC(=O)C[C@@H]2CCCC[C@]21C. The Morgan fingerprint density at radius 3 is 2.85 bits per heavy atom. The predicted octanol–water partition coefficient (Wildman–Crippen LogP) is 3.18. The summed E-state index contributed by atoms with van der Waals surface area (Å²) < 4.78 is 0. The summed E-state index contributed by atoms with van der Waals surface area (Å²) in [5.41, 5.74) is 0.492. The molecular weight excluding hydrogens is 160 g/mol. The highest BCUT2D eigenvalue weighted by molar-refractivity contribution is 5.80. The zero-order chi connectivity index (χ0) is 9.47. The summed E-state index contributed by atoms with van der Waals surface area (Å²) >= 11 is 0. The number of Topliss-reactive ketones (excluding diaryl/α,β-unsaturated/α-hetero) is 1. The van der Waals surface area contributed by atoms with E-state index in [-0.39, 0.29) is 0 Å². The van der Waals surface area contributed by atoms with E-state index in [0.29, 0.717) is 23.0 Å². The van der Waals surface area contributed by atoms with Crippen LogP contribution in [0.3, 0.4) is 0 Å². The van der Waals surface area contributed by atoms with Crippen LogP contribution >= 0.6 is 0 Å². The largest absolute Gasteiger partial charge is 0.300 e. The Bertz CT molecular complexity index is 221. The molecule has 0 amide bonds. The molecule has 13 heavy (non-hydrogen) atoms. The normalized spacial score (nSPS) is 45.8. The van der Waals surface area contributed by atoms with Gasteiger partial charge >= 0.3 is 0 Å². The van der Waals surface area contributed by atoms with Crippen molar-refractivity contribution in [3.63, 3.8) is 0 Å². The van der Waals surface area contributed by atoms with Crippen LogP contribution in [0.25, 0.3) is 0 Å². The molecule has 0 aromatic carbocycles. The molecule has 0 spiro atoms. The van der Waals surface area contributed by atoms with Crippen LogP contribution in [0.2, 0.25) is 0 Å². The van der Waals surface area contributed by atoms with E-state index < -0.39 is 0 Å². The van der Waals surface area contributed by atoms with E-state index in [4.69, 9.17) is 0 Å². The van der Waals surface area contributed by atoms with Crippen molar-refractivity contribution in [1.82, 2.24) is 0 Å². The first-order valence-electron chi connectivity index (χ1n) is 5.64. The molecule has 0 aromatic rings. The smallest absolute Gasteiger partial charge is 0.133 e. The Morgan fingerprint density at radius 2 is 2.08 bits per heavy atom. The minimum absolute atomic E-state index is 0.492. The number of carbonyl (C=O) groups is 1. The minimum atomic E-state index is 0.492. The van der Waals surface area contributed by atoms with E-state index in [2.05, 4.69) is 13.8 Å². The van der Waals surface area contributed by atoms with Crippen molar-refractivity contribution in [2.75, 3.05) is 0 Å². The molecular formula is C12H20O. The number of hydrogen-bond donors (Lipinski definition) is 0. The molecule has 0 unspecified atom stereocenters. The first-order chi connectivity index (χ1) is 6.13. The summed E-state index contributed by atoms with van der Waals surface area (Å²) in [6.45, 7) is 4.68. The summed E-state index contributed by atoms with van der Waals surface area (Å²) in [7, 11) is 0. The van der Waals surface area contributed by atoms with Crippen LogP contribution < -0.4 is 0 Å². The van der Waals surface area contributed by atoms with E-state index in [1.54, 1.807) is 0 Å². The minimum Gasteiger partial charge on any atom is -0.300 e. The molecule has 2 fully saturated rings. The lowest BCUT2D eigenvalue weighted by Gasteiger charge is -2.48. The Hall–Kier alpha value is -0.330. The number of rotatable bonds is 0. The van der Waals surface area contributed by atoms with E-state index in [9.17, 15) is 4.79 Å². The molecule has 1 heteroatoms. The molecule has 3 atom stereocenters. The molecule has 0 aromatic heterocycles. The number of hydrogen-bond acceptors (Lipinski definition) is 1. The van der Waals surface area contributed by atoms with Crippen LogP contribution in [0.5, 0.6) is 0 Å². The maximum absolute atomic E-state index is 11.5. The van der Waals surface area contributed by atoms with Crippen LogP contribution in [-0.2, 0) is 4.79 Å². The van der Waals surface area contributed by atoms with Gasteiger partial charge in [-0.3, -0.25) is 4.79 Å². The molecule has 2 aliphatic rings. The van der Waals surface area contributed by atoms with Gasteiger partial charge in [0.25, 0.3) is 0 Å². The number of fused-ring (bicyclic) bond motifs is 1. The highest BCUT2D eigenvalue weighted by atomic mass is 16.1. The topological polar surface area (TPSA) is 17.1 Å². The zero-order valence-corrected chi connectivity index (χ0v) is 8.81. The van der Waals surface area contributed by atoms with Gasteiger partial charge < -0.3 is 0 Å². The second-order valence-electron chi connectivity index (χ2n) is 5.30. The fourth-order valence-electron chi connectivity index (χ4n) is 3.35. The van der Waals surface area contributed by atoms with Crippen LogP contribution in [-0.4, -0.2) is 5.78 Å². The highest BCUT2D eigenvalue weighted by Crippen LogP contribution is 2.52. The third-order valence-electron chi connectivity index (χ3n) is 4.58. The Labute approximate surface area is 80.9 Å². The van der Waals surface area contributed by atoms with Gasteiger partial charge in [-0.2, -0.15) is 0 Å². The van der Waals surface area contributed by atoms with Gasteiger partial charge in [-0.1, -0.05) is 26.7 Å². The van der Waals surface area contributed by atoms with E-state index in [1.165, 1.54) is 25.7 Å². The molecule has 2 rings (SSSR count). The summed E-state index contributed by atoms with van der Waals surface area (Å²) in [4.78, 5) is 11.5. The van der Waals surface area contributed by atoms with Crippen molar-refractivity contribution in [2.24, 2.45) is 17.3 Å². The lowest BCUT2D eigenvalue weighted by molar-refractivity contribution is -0.129. The third-order valence-corrected chi connectivity index (χ3v) is 4.58. The van der Waals surface area contributed by atoms with E-state index >= 15 is 0 Å². The number of carbonyl (C=O) groups excluding carboxylic acids is 1. The summed E-state index contributed by atoms with van der Waals surface area (Å²) in [5, 5.41) is 0. The highest BCUT2D eigenvalue weighted by Gasteiger charge is 2.45. The lowest BCUT2D eigenvalue weighted by atomic mass is 9.56. The first kappa shape index (κ1) is 9.23. The molecule has 0 saturated heterocycles. The van der Waals surface area contributed by atoms with Gasteiger partial charge in [0.2, 0.25) is 0 Å². The van der Waals surface area contributed by atoms with Crippen molar-refractivity contribution >= 4 is 5.78 Å². The summed E-state index contributed by atoms with van der Waals surface area (Å²) in [6.07, 6.45) is 7.10. The fraction of sp³-hybridized carbons (Fsp3) is 0.917. The van der Waals surface area contributed by atoms with Crippen LogP contribution in [0.4, 0.5) is 0 Å². The Morgan fingerprint density at radius 1 is 1.31 bits per heavy atom. The van der Waals surface area contributed by atoms with Crippen LogP contribution in [0, 0.1) is 17.3 Å². The van der Waals surface area contributed by atoms with Gasteiger partial charge in [-0.25, -0.2) is 0 Å². The Balaban J connectivity index is 2.19. The van der Waals surface area contributed by atoms with Gasteiger partial charge in [0.15, 0.2) is 0 Å². The molecule has 0 radical (unpaired) electrons. The third kappa shape index (κ3) is 1.43.